The van der Waals surface area contributed by atoms with E-state index in [1.807, 2.05) is 0 Å². The van der Waals surface area contributed by atoms with Gasteiger partial charge < -0.3 is 14.2 Å². The van der Waals surface area contributed by atoms with Crippen LogP contribution in [0.2, 0.25) is 5.02 Å². The topological polar surface area (TPSA) is 105 Å². The van der Waals surface area contributed by atoms with Gasteiger partial charge in [-0.05, 0) is 69.2 Å². The smallest absolute Gasteiger partial charge is 0.347 e. The van der Waals surface area contributed by atoms with Crippen LogP contribution in [0.4, 0.5) is 0 Å². The van der Waals surface area contributed by atoms with E-state index >= 15 is 0 Å². The third-order valence-corrected chi connectivity index (χ3v) is 5.06. The highest BCUT2D eigenvalue weighted by Gasteiger charge is 2.17. The minimum Gasteiger partial charge on any atom is -0.479 e. The molecule has 1 saturated carbocycles. The van der Waals surface area contributed by atoms with E-state index in [4.69, 9.17) is 25.8 Å². The number of fused-ring (bicyclic) bond motifs is 1. The number of esters is 1. The summed E-state index contributed by atoms with van der Waals surface area (Å²) < 4.78 is 16.2. The normalized spacial score (nSPS) is 14.1. The van der Waals surface area contributed by atoms with Crippen molar-refractivity contribution >= 4 is 40.2 Å². The molecule has 1 fully saturated rings. The van der Waals surface area contributed by atoms with E-state index in [0.29, 0.717) is 52.9 Å². The van der Waals surface area contributed by atoms with Crippen molar-refractivity contribution in [2.45, 2.75) is 45.6 Å². The van der Waals surface area contributed by atoms with Gasteiger partial charge >= 0.3 is 5.97 Å². The summed E-state index contributed by atoms with van der Waals surface area (Å²) >= 11 is 5.94. The lowest BCUT2D eigenvalue weighted by atomic mass is 9.98. The van der Waals surface area contributed by atoms with E-state index in [-0.39, 0.29) is 11.6 Å². The molecule has 8 nitrogen and oxygen atoms in total. The standard InChI is InChI=1S/C19H17ClN2O4.C6H8O2/c1-3-24-19(23)12(2)25-14-5-7-15(8-6-14)26-18-11-21-17-10-13(20)4-9-16(17)22-18;7-5-3-1-2-4-6(5)8/h4-12H,3H2,1-2H3;1-4H2. The van der Waals surface area contributed by atoms with Crippen LogP contribution in [0.5, 0.6) is 17.4 Å². The number of carbonyl (C=O) groups is 3. The van der Waals surface area contributed by atoms with Crippen LogP contribution in [0.15, 0.2) is 48.7 Å². The Balaban J connectivity index is 0.000000343. The number of rotatable bonds is 6. The lowest BCUT2D eigenvalue weighted by Crippen LogP contribution is -2.25. The maximum Gasteiger partial charge on any atom is 0.347 e. The average Bonchev–Trinajstić information content (AvgIpc) is 2.83. The molecule has 1 aromatic heterocycles. The zero-order chi connectivity index (χ0) is 24.5. The summed E-state index contributed by atoms with van der Waals surface area (Å²) in [7, 11) is 0. The van der Waals surface area contributed by atoms with Crippen LogP contribution in [0, 0.1) is 0 Å². The molecule has 1 aliphatic rings. The van der Waals surface area contributed by atoms with Crippen molar-refractivity contribution in [3.05, 3.63) is 53.7 Å². The number of carbonyl (C=O) groups excluding carboxylic acids is 3. The first-order valence-corrected chi connectivity index (χ1v) is 11.3. The molecular weight excluding hydrogens is 460 g/mol. The van der Waals surface area contributed by atoms with E-state index in [9.17, 15) is 14.4 Å². The Morgan fingerprint density at radius 1 is 1.00 bits per heavy atom. The van der Waals surface area contributed by atoms with Crippen molar-refractivity contribution in [2.24, 2.45) is 0 Å². The summed E-state index contributed by atoms with van der Waals surface area (Å²) in [6, 6.07) is 12.1. The monoisotopic (exact) mass is 484 g/mol. The first-order valence-electron chi connectivity index (χ1n) is 10.9. The lowest BCUT2D eigenvalue weighted by molar-refractivity contribution is -0.150. The van der Waals surface area contributed by atoms with Crippen molar-refractivity contribution in [3.8, 4) is 17.4 Å². The molecule has 0 spiro atoms. The Kier molecular flexibility index (Phi) is 8.93. The molecule has 2 aromatic carbocycles. The van der Waals surface area contributed by atoms with Crippen LogP contribution < -0.4 is 9.47 Å². The predicted octanol–water partition coefficient (Wildman–Crippen LogP) is 5.10. The summed E-state index contributed by atoms with van der Waals surface area (Å²) in [5.74, 6) is 0.737. The second-order valence-corrected chi connectivity index (χ2v) is 7.92. The molecule has 0 saturated heterocycles. The minimum atomic E-state index is -0.681. The molecule has 0 N–H and O–H groups in total. The summed E-state index contributed by atoms with van der Waals surface area (Å²) in [5, 5.41) is 0.605. The van der Waals surface area contributed by atoms with Gasteiger partial charge in [0.05, 0.1) is 23.8 Å². The molecule has 0 radical (unpaired) electrons. The second-order valence-electron chi connectivity index (χ2n) is 7.48. The van der Waals surface area contributed by atoms with Crippen LogP contribution in [0.3, 0.4) is 0 Å². The van der Waals surface area contributed by atoms with E-state index in [0.717, 1.165) is 12.8 Å². The molecule has 0 aliphatic heterocycles. The molecule has 1 aliphatic carbocycles. The number of halogens is 1. The Morgan fingerprint density at radius 2 is 1.65 bits per heavy atom. The minimum absolute atomic E-state index is 0.170. The van der Waals surface area contributed by atoms with Crippen LogP contribution in [0.1, 0.15) is 39.5 Å². The van der Waals surface area contributed by atoms with E-state index in [1.165, 1.54) is 6.20 Å². The highest BCUT2D eigenvalue weighted by Crippen LogP contribution is 2.25. The molecule has 178 valence electrons. The molecule has 0 amide bonds. The Labute approximate surface area is 202 Å². The van der Waals surface area contributed by atoms with Crippen molar-refractivity contribution in [1.29, 1.82) is 0 Å². The van der Waals surface area contributed by atoms with Crippen molar-refractivity contribution in [3.63, 3.8) is 0 Å². The van der Waals surface area contributed by atoms with Gasteiger partial charge in [0, 0.05) is 17.9 Å². The molecule has 1 atom stereocenters. The third-order valence-electron chi connectivity index (χ3n) is 4.83. The fourth-order valence-corrected chi connectivity index (χ4v) is 3.25. The van der Waals surface area contributed by atoms with Gasteiger partial charge in [0.1, 0.15) is 11.5 Å². The molecule has 1 heterocycles. The Hall–Kier alpha value is -3.52. The van der Waals surface area contributed by atoms with Gasteiger partial charge in [-0.15, -0.1) is 0 Å². The van der Waals surface area contributed by atoms with Gasteiger partial charge in [-0.3, -0.25) is 9.59 Å². The quantitative estimate of drug-likeness (QED) is 0.351. The Bertz CT molecular complexity index is 1150. The first-order chi connectivity index (χ1) is 16.4. The fourth-order valence-electron chi connectivity index (χ4n) is 3.08. The molecule has 3 aromatic rings. The molecular formula is C25H25ClN2O6. The highest BCUT2D eigenvalue weighted by molar-refractivity contribution is 6.37. The number of hydrogen-bond acceptors (Lipinski definition) is 8. The molecule has 4 rings (SSSR count). The number of ketones is 2. The number of Topliss-reactive ketones (excluding diaryl/α,β-unsaturated/α-hetero) is 2. The Morgan fingerprint density at radius 3 is 2.26 bits per heavy atom. The number of aromatic nitrogens is 2. The highest BCUT2D eigenvalue weighted by atomic mass is 35.5. The van der Waals surface area contributed by atoms with Crippen LogP contribution in [0.25, 0.3) is 11.0 Å². The lowest BCUT2D eigenvalue weighted by Gasteiger charge is -2.13. The van der Waals surface area contributed by atoms with Crippen LogP contribution in [-0.4, -0.2) is 40.2 Å². The summed E-state index contributed by atoms with van der Waals surface area (Å²) in [6.07, 6.45) is 3.64. The van der Waals surface area contributed by atoms with Gasteiger partial charge in [0.25, 0.3) is 0 Å². The molecule has 34 heavy (non-hydrogen) atoms. The number of ether oxygens (including phenoxy) is 3. The molecule has 0 bridgehead atoms. The predicted molar refractivity (Wildman–Crippen MR) is 126 cm³/mol. The third kappa shape index (κ3) is 7.25. The summed E-state index contributed by atoms with van der Waals surface area (Å²) in [6.45, 7) is 3.71. The van der Waals surface area contributed by atoms with Crippen LogP contribution >= 0.6 is 11.6 Å². The van der Waals surface area contributed by atoms with E-state index in [1.54, 1.807) is 56.3 Å². The number of nitrogens with zero attached hydrogens (tertiary/aromatic N) is 2. The zero-order valence-corrected chi connectivity index (χ0v) is 19.7. The van der Waals surface area contributed by atoms with Gasteiger partial charge in [0.15, 0.2) is 17.7 Å². The molecule has 9 heteroatoms. The van der Waals surface area contributed by atoms with Gasteiger partial charge in [-0.25, -0.2) is 14.8 Å². The van der Waals surface area contributed by atoms with E-state index in [2.05, 4.69) is 9.97 Å². The number of benzene rings is 2. The van der Waals surface area contributed by atoms with Crippen molar-refractivity contribution in [2.75, 3.05) is 6.61 Å². The van der Waals surface area contributed by atoms with Crippen LogP contribution in [-0.2, 0) is 19.1 Å². The summed E-state index contributed by atoms with van der Waals surface area (Å²) in [4.78, 5) is 41.2. The van der Waals surface area contributed by atoms with Crippen molar-refractivity contribution < 1.29 is 28.6 Å². The van der Waals surface area contributed by atoms with Gasteiger partial charge in [-0.1, -0.05) is 11.6 Å². The average molecular weight is 485 g/mol. The largest absolute Gasteiger partial charge is 0.479 e. The van der Waals surface area contributed by atoms with Gasteiger partial charge in [0.2, 0.25) is 5.88 Å². The van der Waals surface area contributed by atoms with Crippen molar-refractivity contribution in [1.82, 2.24) is 9.97 Å². The van der Waals surface area contributed by atoms with E-state index < -0.39 is 12.1 Å². The fraction of sp³-hybridized carbons (Fsp3) is 0.320. The SMILES string of the molecule is CCOC(=O)C(C)Oc1ccc(Oc2cnc3cc(Cl)ccc3n2)cc1.O=C1CCCCC1=O. The van der Waals surface area contributed by atoms with Gasteiger partial charge in [-0.2, -0.15) is 0 Å². The summed E-state index contributed by atoms with van der Waals surface area (Å²) in [5.41, 5.74) is 1.39. The zero-order valence-electron chi connectivity index (χ0n) is 19.0. The molecule has 1 unspecified atom stereocenters. The second kappa shape index (κ2) is 12.1. The number of hydrogen-bond donors (Lipinski definition) is 0. The maximum atomic E-state index is 11.6. The first kappa shape index (κ1) is 25.1. The maximum absolute atomic E-state index is 11.6.